The van der Waals surface area contributed by atoms with Crippen LogP contribution in [0.5, 0.6) is 5.75 Å². The van der Waals surface area contributed by atoms with Crippen molar-refractivity contribution in [1.82, 2.24) is 4.98 Å². The van der Waals surface area contributed by atoms with E-state index in [9.17, 15) is 4.39 Å². The first-order valence-corrected chi connectivity index (χ1v) is 4.11. The Labute approximate surface area is 74.3 Å². The number of aromatic nitrogens is 1. The summed E-state index contributed by atoms with van der Waals surface area (Å²) in [5, 5.41) is 0.130. The molecule has 2 rings (SSSR count). The summed E-state index contributed by atoms with van der Waals surface area (Å²) in [5.74, 6) is -0.131. The monoisotopic (exact) mass is 187 g/mol. The topological polar surface area (TPSA) is 22.1 Å². The number of hydrogen-bond acceptors (Lipinski definition) is 2. The number of pyridine rings is 1. The zero-order chi connectivity index (χ0) is 8.55. The second-order valence-electron chi connectivity index (χ2n) is 2.77. The Hall–Kier alpha value is -0.830. The normalized spacial score (nSPS) is 16.2. The van der Waals surface area contributed by atoms with Gasteiger partial charge in [0.2, 0.25) is 5.95 Å². The Kier molecular flexibility index (Phi) is 1.89. The summed E-state index contributed by atoms with van der Waals surface area (Å²) in [5.41, 5.74) is 0. The highest BCUT2D eigenvalue weighted by Gasteiger charge is 2.23. The number of hydrogen-bond donors (Lipinski definition) is 0. The van der Waals surface area contributed by atoms with Crippen molar-refractivity contribution in [1.29, 1.82) is 0 Å². The third-order valence-electron chi connectivity index (χ3n) is 1.56. The molecule has 2 nitrogen and oxygen atoms in total. The molecule has 12 heavy (non-hydrogen) atoms. The summed E-state index contributed by atoms with van der Waals surface area (Å²) in [6, 6.07) is 2.76. The fraction of sp³-hybridized carbons (Fsp3) is 0.375. The minimum Gasteiger partial charge on any atom is -0.490 e. The van der Waals surface area contributed by atoms with Gasteiger partial charge in [0.15, 0.2) is 0 Å². The summed E-state index contributed by atoms with van der Waals surface area (Å²) in [6.07, 6.45) is 2.34. The van der Waals surface area contributed by atoms with Gasteiger partial charge in [-0.1, -0.05) is 11.6 Å². The molecule has 1 aromatic heterocycles. The lowest BCUT2D eigenvalue weighted by Gasteiger charge is -2.03. The molecule has 0 amide bonds. The highest BCUT2D eigenvalue weighted by molar-refractivity contribution is 6.29. The van der Waals surface area contributed by atoms with Gasteiger partial charge in [0, 0.05) is 12.1 Å². The molecular weight excluding hydrogens is 181 g/mol. The first-order chi connectivity index (χ1) is 5.74. The predicted octanol–water partition coefficient (Wildman–Crippen LogP) is 2.42. The minimum atomic E-state index is -0.599. The van der Waals surface area contributed by atoms with Gasteiger partial charge in [0.1, 0.15) is 10.9 Å². The van der Waals surface area contributed by atoms with E-state index in [-0.39, 0.29) is 11.3 Å². The van der Waals surface area contributed by atoms with Crippen molar-refractivity contribution in [2.45, 2.75) is 18.9 Å². The van der Waals surface area contributed by atoms with Crippen LogP contribution < -0.4 is 4.74 Å². The fourth-order valence-corrected chi connectivity index (χ4v) is 1.08. The molecule has 0 saturated heterocycles. The van der Waals surface area contributed by atoms with Crippen molar-refractivity contribution in [3.05, 3.63) is 23.2 Å². The maximum absolute atomic E-state index is 12.6. The van der Waals surface area contributed by atoms with Gasteiger partial charge in [-0.05, 0) is 12.8 Å². The molecule has 0 bridgehead atoms. The van der Waals surface area contributed by atoms with Crippen LogP contribution in [0, 0.1) is 5.95 Å². The standard InChI is InChI=1S/C8H7ClFNO/c9-7-3-6(4-8(10)11-7)12-5-1-2-5/h3-5H,1-2H2. The van der Waals surface area contributed by atoms with E-state index < -0.39 is 5.95 Å². The Bertz CT molecular complexity index is 281. The lowest BCUT2D eigenvalue weighted by atomic mass is 10.4. The molecule has 0 atom stereocenters. The van der Waals surface area contributed by atoms with E-state index in [1.54, 1.807) is 0 Å². The molecule has 1 aliphatic carbocycles. The maximum Gasteiger partial charge on any atom is 0.217 e. The molecule has 1 saturated carbocycles. The van der Waals surface area contributed by atoms with Gasteiger partial charge in [0.05, 0.1) is 6.10 Å². The van der Waals surface area contributed by atoms with Gasteiger partial charge in [-0.25, -0.2) is 4.98 Å². The zero-order valence-corrected chi connectivity index (χ0v) is 7.01. The number of nitrogens with zero attached hydrogens (tertiary/aromatic N) is 1. The van der Waals surface area contributed by atoms with Gasteiger partial charge in [0.25, 0.3) is 0 Å². The largest absolute Gasteiger partial charge is 0.490 e. The molecule has 64 valence electrons. The molecular formula is C8H7ClFNO. The highest BCUT2D eigenvalue weighted by atomic mass is 35.5. The van der Waals surface area contributed by atoms with E-state index in [1.165, 1.54) is 12.1 Å². The Morgan fingerprint density at radius 1 is 1.50 bits per heavy atom. The van der Waals surface area contributed by atoms with E-state index in [0.717, 1.165) is 12.8 Å². The van der Waals surface area contributed by atoms with E-state index in [1.807, 2.05) is 0 Å². The quantitative estimate of drug-likeness (QED) is 0.664. The number of ether oxygens (including phenoxy) is 1. The molecule has 0 radical (unpaired) electrons. The van der Waals surface area contributed by atoms with Gasteiger partial charge in [-0.3, -0.25) is 0 Å². The van der Waals surface area contributed by atoms with Gasteiger partial charge >= 0.3 is 0 Å². The zero-order valence-electron chi connectivity index (χ0n) is 6.26. The minimum absolute atomic E-state index is 0.130. The van der Waals surface area contributed by atoms with Crippen molar-refractivity contribution in [2.24, 2.45) is 0 Å². The van der Waals surface area contributed by atoms with Crippen molar-refractivity contribution in [3.63, 3.8) is 0 Å². The van der Waals surface area contributed by atoms with Crippen molar-refractivity contribution in [2.75, 3.05) is 0 Å². The average Bonchev–Trinajstić information content (AvgIpc) is 2.68. The smallest absolute Gasteiger partial charge is 0.217 e. The van der Waals surface area contributed by atoms with Gasteiger partial charge in [-0.2, -0.15) is 4.39 Å². The maximum atomic E-state index is 12.6. The Morgan fingerprint density at radius 3 is 2.83 bits per heavy atom. The molecule has 0 aliphatic heterocycles. The fourth-order valence-electron chi connectivity index (χ4n) is 0.889. The Balaban J connectivity index is 2.18. The summed E-state index contributed by atoms with van der Waals surface area (Å²) in [6.45, 7) is 0. The lowest BCUT2D eigenvalue weighted by molar-refractivity contribution is 0.301. The second-order valence-corrected chi connectivity index (χ2v) is 3.15. The summed E-state index contributed by atoms with van der Waals surface area (Å²) in [4.78, 5) is 3.38. The molecule has 1 aromatic rings. The van der Waals surface area contributed by atoms with Crippen molar-refractivity contribution >= 4 is 11.6 Å². The Morgan fingerprint density at radius 2 is 2.25 bits per heavy atom. The molecule has 0 unspecified atom stereocenters. The third kappa shape index (κ3) is 1.85. The molecule has 1 aliphatic rings. The summed E-state index contributed by atoms with van der Waals surface area (Å²) in [7, 11) is 0. The molecule has 4 heteroatoms. The molecule has 0 spiro atoms. The summed E-state index contributed by atoms with van der Waals surface area (Å²) < 4.78 is 17.9. The van der Waals surface area contributed by atoms with Crippen LogP contribution in [0.25, 0.3) is 0 Å². The predicted molar refractivity (Wildman–Crippen MR) is 42.9 cm³/mol. The third-order valence-corrected chi connectivity index (χ3v) is 1.76. The molecule has 0 N–H and O–H groups in total. The van der Waals surface area contributed by atoms with E-state index in [2.05, 4.69) is 4.98 Å². The van der Waals surface area contributed by atoms with E-state index >= 15 is 0 Å². The van der Waals surface area contributed by atoms with Crippen molar-refractivity contribution in [3.8, 4) is 5.75 Å². The first-order valence-electron chi connectivity index (χ1n) is 3.74. The van der Waals surface area contributed by atoms with Crippen LogP contribution in [0.4, 0.5) is 4.39 Å². The van der Waals surface area contributed by atoms with Gasteiger partial charge < -0.3 is 4.74 Å². The van der Waals surface area contributed by atoms with Crippen LogP contribution in [0.2, 0.25) is 5.15 Å². The number of halogens is 2. The van der Waals surface area contributed by atoms with E-state index in [0.29, 0.717) is 5.75 Å². The lowest BCUT2D eigenvalue weighted by Crippen LogP contribution is -1.97. The van der Waals surface area contributed by atoms with Crippen molar-refractivity contribution < 1.29 is 9.13 Å². The first kappa shape index (κ1) is 7.80. The SMILES string of the molecule is Fc1cc(OC2CC2)cc(Cl)n1. The number of rotatable bonds is 2. The van der Waals surface area contributed by atoms with Gasteiger partial charge in [-0.15, -0.1) is 0 Å². The molecule has 0 aromatic carbocycles. The van der Waals surface area contributed by atoms with Crippen LogP contribution in [0.1, 0.15) is 12.8 Å². The van der Waals surface area contributed by atoms with Crippen LogP contribution >= 0.6 is 11.6 Å². The average molecular weight is 188 g/mol. The summed E-state index contributed by atoms with van der Waals surface area (Å²) >= 11 is 5.52. The highest BCUT2D eigenvalue weighted by Crippen LogP contribution is 2.27. The van der Waals surface area contributed by atoms with E-state index in [4.69, 9.17) is 16.3 Å². The van der Waals surface area contributed by atoms with Crippen LogP contribution in [0.15, 0.2) is 12.1 Å². The second kappa shape index (κ2) is 2.90. The molecule has 1 heterocycles. The van der Waals surface area contributed by atoms with Crippen LogP contribution in [-0.4, -0.2) is 11.1 Å². The van der Waals surface area contributed by atoms with Crippen LogP contribution in [0.3, 0.4) is 0 Å². The van der Waals surface area contributed by atoms with Crippen LogP contribution in [-0.2, 0) is 0 Å². The molecule has 1 fully saturated rings.